The molecule has 0 saturated heterocycles. The van der Waals surface area contributed by atoms with E-state index in [-0.39, 0.29) is 12.4 Å². The first-order chi connectivity index (χ1) is 9.38. The molecule has 2 aliphatic carbocycles. The third kappa shape index (κ3) is 2.97. The van der Waals surface area contributed by atoms with E-state index in [0.717, 1.165) is 11.5 Å². The van der Waals surface area contributed by atoms with Crippen molar-refractivity contribution in [3.05, 3.63) is 35.4 Å². The highest BCUT2D eigenvalue weighted by atomic mass is 35.5. The van der Waals surface area contributed by atoms with Crippen LogP contribution in [0, 0.1) is 18.3 Å². The maximum atomic E-state index is 9.92. The van der Waals surface area contributed by atoms with Crippen molar-refractivity contribution < 1.29 is 5.11 Å². The summed E-state index contributed by atoms with van der Waals surface area (Å²) in [5.41, 5.74) is 4.08. The number of halogens is 1. The number of fused-ring (bicyclic) bond motifs is 2. The van der Waals surface area contributed by atoms with Crippen LogP contribution in [0.25, 0.3) is 5.57 Å². The molecule has 3 atom stereocenters. The topological polar surface area (TPSA) is 23.5 Å². The van der Waals surface area contributed by atoms with Gasteiger partial charge in [-0.15, -0.1) is 12.4 Å². The van der Waals surface area contributed by atoms with Crippen LogP contribution in [0.4, 0.5) is 0 Å². The van der Waals surface area contributed by atoms with E-state index in [2.05, 4.69) is 38.1 Å². The van der Waals surface area contributed by atoms with E-state index in [1.54, 1.807) is 0 Å². The van der Waals surface area contributed by atoms with Gasteiger partial charge in [0.2, 0.25) is 0 Å². The molecule has 0 heterocycles. The van der Waals surface area contributed by atoms with Crippen molar-refractivity contribution in [3.8, 4) is 5.75 Å². The summed E-state index contributed by atoms with van der Waals surface area (Å²) in [7, 11) is 4.35. The third-order valence-electron chi connectivity index (χ3n) is 5.04. The molecule has 3 unspecified atom stereocenters. The number of hydrogen-bond donors (Lipinski definition) is 1. The first kappa shape index (κ1) is 16.4. The van der Waals surface area contributed by atoms with Crippen molar-refractivity contribution in [2.24, 2.45) is 11.3 Å². The number of phenols is 1. The quantitative estimate of drug-likeness (QED) is 0.882. The highest BCUT2D eigenvalue weighted by Crippen LogP contribution is 2.52. The monoisotopic (exact) mass is 307 g/mol. The summed E-state index contributed by atoms with van der Waals surface area (Å²) in [5.74, 6) is 1.12. The van der Waals surface area contributed by atoms with E-state index >= 15 is 0 Å². The number of benzene rings is 1. The molecule has 0 spiro atoms. The summed E-state index contributed by atoms with van der Waals surface area (Å²) in [5, 5.41) is 9.92. The van der Waals surface area contributed by atoms with Crippen molar-refractivity contribution in [1.82, 2.24) is 4.90 Å². The number of aryl methyl sites for hydroxylation is 1. The highest BCUT2D eigenvalue weighted by molar-refractivity contribution is 5.85. The van der Waals surface area contributed by atoms with Gasteiger partial charge in [-0.25, -0.2) is 0 Å². The van der Waals surface area contributed by atoms with Crippen LogP contribution in [0.3, 0.4) is 0 Å². The largest absolute Gasteiger partial charge is 0.508 e. The van der Waals surface area contributed by atoms with Crippen LogP contribution in [0.5, 0.6) is 5.75 Å². The summed E-state index contributed by atoms with van der Waals surface area (Å²) >= 11 is 0. The second-order valence-electron chi connectivity index (χ2n) is 7.22. The van der Waals surface area contributed by atoms with Gasteiger partial charge in [0.1, 0.15) is 5.75 Å². The van der Waals surface area contributed by atoms with E-state index in [9.17, 15) is 5.11 Å². The highest BCUT2D eigenvalue weighted by Gasteiger charge is 2.44. The van der Waals surface area contributed by atoms with Gasteiger partial charge in [0, 0.05) is 6.04 Å². The van der Waals surface area contributed by atoms with Gasteiger partial charge in [-0.05, 0) is 80.4 Å². The molecule has 0 amide bonds. The Balaban J connectivity index is 0.00000161. The van der Waals surface area contributed by atoms with Gasteiger partial charge in [-0.3, -0.25) is 0 Å². The molecule has 1 saturated carbocycles. The second-order valence-corrected chi connectivity index (χ2v) is 7.22. The molecule has 1 fully saturated rings. The van der Waals surface area contributed by atoms with Crippen molar-refractivity contribution in [3.63, 3.8) is 0 Å². The lowest BCUT2D eigenvalue weighted by atomic mass is 9.74. The fraction of sp³-hybridized carbons (Fsp3) is 0.556. The molecule has 3 heteroatoms. The molecular weight excluding hydrogens is 282 g/mol. The van der Waals surface area contributed by atoms with Crippen LogP contribution in [-0.2, 0) is 0 Å². The van der Waals surface area contributed by atoms with Crippen LogP contribution in [0.15, 0.2) is 24.3 Å². The van der Waals surface area contributed by atoms with Crippen LogP contribution >= 0.6 is 12.4 Å². The zero-order valence-electron chi connectivity index (χ0n) is 13.4. The Morgan fingerprint density at radius 1 is 1.24 bits per heavy atom. The second kappa shape index (κ2) is 5.66. The molecule has 0 aliphatic heterocycles. The van der Waals surface area contributed by atoms with Crippen LogP contribution in [-0.4, -0.2) is 30.1 Å². The average Bonchev–Trinajstić information content (AvgIpc) is 2.63. The first-order valence-corrected chi connectivity index (χ1v) is 7.58. The minimum atomic E-state index is 0. The predicted molar refractivity (Wildman–Crippen MR) is 91.0 cm³/mol. The number of rotatable bonds is 2. The molecule has 1 aromatic carbocycles. The van der Waals surface area contributed by atoms with Crippen LogP contribution in [0.1, 0.15) is 37.3 Å². The molecule has 1 N–H and O–H groups in total. The van der Waals surface area contributed by atoms with E-state index in [0.29, 0.717) is 17.2 Å². The minimum absolute atomic E-state index is 0. The molecule has 116 valence electrons. The Kier molecular flexibility index (Phi) is 4.41. The van der Waals surface area contributed by atoms with Gasteiger partial charge in [-0.2, -0.15) is 0 Å². The van der Waals surface area contributed by atoms with Gasteiger partial charge in [0.15, 0.2) is 0 Å². The van der Waals surface area contributed by atoms with Crippen LogP contribution in [0.2, 0.25) is 0 Å². The standard InChI is InChI=1S/C18H25NO.ClH/c1-12-7-14(9-15(20)8-12)16-11-18(2)6-5-13(10-18)17(16)19(3)4;/h7-9,11,13,17,20H,5-6,10H2,1-4H3;1H. The van der Waals surface area contributed by atoms with Crippen molar-refractivity contribution in [1.29, 1.82) is 0 Å². The van der Waals surface area contributed by atoms with Crippen molar-refractivity contribution in [2.45, 2.75) is 39.2 Å². The predicted octanol–water partition coefficient (Wildman–Crippen LogP) is 4.26. The molecule has 21 heavy (non-hydrogen) atoms. The summed E-state index contributed by atoms with van der Waals surface area (Å²) in [6, 6.07) is 6.43. The number of allylic oxidation sites excluding steroid dienone is 1. The summed E-state index contributed by atoms with van der Waals surface area (Å²) in [4.78, 5) is 2.35. The fourth-order valence-corrected chi connectivity index (χ4v) is 4.32. The lowest BCUT2D eigenvalue weighted by Crippen LogP contribution is -2.38. The smallest absolute Gasteiger partial charge is 0.116 e. The number of aromatic hydroxyl groups is 1. The van der Waals surface area contributed by atoms with E-state index in [1.165, 1.54) is 30.4 Å². The lowest BCUT2D eigenvalue weighted by molar-refractivity contribution is 0.243. The fourth-order valence-electron chi connectivity index (χ4n) is 4.32. The van der Waals surface area contributed by atoms with Gasteiger partial charge >= 0.3 is 0 Å². The molecule has 0 radical (unpaired) electrons. The molecule has 2 aliphatic rings. The Hall–Kier alpha value is -0.990. The first-order valence-electron chi connectivity index (χ1n) is 7.58. The zero-order chi connectivity index (χ0) is 14.5. The minimum Gasteiger partial charge on any atom is -0.508 e. The SMILES string of the molecule is Cc1cc(O)cc(C2=CC3(C)CCC(C3)C2N(C)C)c1.Cl. The summed E-state index contributed by atoms with van der Waals surface area (Å²) in [6.45, 7) is 4.43. The third-order valence-corrected chi connectivity index (χ3v) is 5.04. The Morgan fingerprint density at radius 3 is 2.57 bits per heavy atom. The molecule has 2 nitrogen and oxygen atoms in total. The Labute approximate surface area is 134 Å². The van der Waals surface area contributed by atoms with Gasteiger partial charge in [-0.1, -0.05) is 19.1 Å². The zero-order valence-corrected chi connectivity index (χ0v) is 14.2. The average molecular weight is 308 g/mol. The van der Waals surface area contributed by atoms with Gasteiger partial charge in [0.05, 0.1) is 0 Å². The maximum absolute atomic E-state index is 9.92. The Morgan fingerprint density at radius 2 is 1.95 bits per heavy atom. The summed E-state index contributed by atoms with van der Waals surface area (Å²) < 4.78 is 0. The molecule has 2 bridgehead atoms. The van der Waals surface area contributed by atoms with Gasteiger partial charge < -0.3 is 10.0 Å². The van der Waals surface area contributed by atoms with E-state index in [4.69, 9.17) is 0 Å². The number of nitrogens with zero attached hydrogens (tertiary/aromatic N) is 1. The number of likely N-dealkylation sites (N-methyl/N-ethyl adjacent to an activating group) is 1. The molecule has 0 aromatic heterocycles. The normalized spacial score (nSPS) is 31.0. The number of phenolic OH excluding ortho intramolecular Hbond substituents is 1. The molecular formula is C18H26ClNO. The number of hydrogen-bond acceptors (Lipinski definition) is 2. The van der Waals surface area contributed by atoms with E-state index < -0.39 is 0 Å². The van der Waals surface area contributed by atoms with Crippen LogP contribution < -0.4 is 0 Å². The summed E-state index contributed by atoms with van der Waals surface area (Å²) in [6.07, 6.45) is 6.40. The maximum Gasteiger partial charge on any atom is 0.116 e. The van der Waals surface area contributed by atoms with E-state index in [1.807, 2.05) is 19.1 Å². The van der Waals surface area contributed by atoms with Gasteiger partial charge in [0.25, 0.3) is 0 Å². The lowest BCUT2D eigenvalue weighted by Gasteiger charge is -2.38. The Bertz CT molecular complexity index is 546. The molecule has 1 aromatic rings. The molecule has 3 rings (SSSR count). The van der Waals surface area contributed by atoms with Crippen molar-refractivity contribution >= 4 is 18.0 Å². The van der Waals surface area contributed by atoms with Crippen molar-refractivity contribution in [2.75, 3.05) is 14.1 Å².